The Morgan fingerprint density at radius 1 is 1.19 bits per heavy atom. The molecular formula is C20H19FN2O2S. The Morgan fingerprint density at radius 2 is 1.96 bits per heavy atom. The van der Waals surface area contributed by atoms with Crippen LogP contribution in [-0.4, -0.2) is 35.0 Å². The van der Waals surface area contributed by atoms with Crippen molar-refractivity contribution in [2.75, 3.05) is 13.1 Å². The zero-order valence-corrected chi connectivity index (χ0v) is 15.0. The number of nitrogens with zero attached hydrogens (tertiary/aromatic N) is 2. The van der Waals surface area contributed by atoms with E-state index in [0.717, 1.165) is 28.6 Å². The highest BCUT2D eigenvalue weighted by Crippen LogP contribution is 2.30. The van der Waals surface area contributed by atoms with Crippen LogP contribution in [0.15, 0.2) is 48.5 Å². The molecule has 6 heteroatoms. The van der Waals surface area contributed by atoms with Crippen LogP contribution in [0, 0.1) is 5.82 Å². The molecule has 4 nitrogen and oxygen atoms in total. The van der Waals surface area contributed by atoms with Gasteiger partial charge >= 0.3 is 0 Å². The summed E-state index contributed by atoms with van der Waals surface area (Å²) in [4.78, 5) is 18.7. The Balaban J connectivity index is 1.32. The number of halogens is 1. The first kappa shape index (κ1) is 17.0. The van der Waals surface area contributed by atoms with Crippen LogP contribution in [0.3, 0.4) is 0 Å². The van der Waals surface area contributed by atoms with E-state index in [1.165, 1.54) is 23.5 Å². The van der Waals surface area contributed by atoms with Crippen molar-refractivity contribution in [1.29, 1.82) is 0 Å². The molecule has 0 spiro atoms. The molecule has 1 amide bonds. The van der Waals surface area contributed by atoms with Gasteiger partial charge in [-0.05, 0) is 23.8 Å². The van der Waals surface area contributed by atoms with E-state index >= 15 is 0 Å². The number of rotatable bonds is 4. The lowest BCUT2D eigenvalue weighted by atomic mass is 10.1. The lowest BCUT2D eigenvalue weighted by Crippen LogP contribution is -2.42. The van der Waals surface area contributed by atoms with Gasteiger partial charge in [-0.1, -0.05) is 41.7 Å². The van der Waals surface area contributed by atoms with E-state index in [1.807, 2.05) is 35.2 Å². The van der Waals surface area contributed by atoms with Crippen LogP contribution in [0.2, 0.25) is 0 Å². The fourth-order valence-corrected chi connectivity index (χ4v) is 4.08. The highest BCUT2D eigenvalue weighted by molar-refractivity contribution is 7.20. The monoisotopic (exact) mass is 370 g/mol. The largest absolute Gasteiger partial charge is 0.467 e. The maximum absolute atomic E-state index is 13.3. The smallest absolute Gasteiger partial charge is 0.274 e. The first-order valence-electron chi connectivity index (χ1n) is 8.72. The molecule has 1 saturated heterocycles. The third-order valence-corrected chi connectivity index (χ3v) is 5.50. The average molecular weight is 370 g/mol. The van der Waals surface area contributed by atoms with E-state index in [9.17, 15) is 9.18 Å². The topological polar surface area (TPSA) is 42.4 Å². The molecule has 2 aromatic carbocycles. The minimum Gasteiger partial charge on any atom is -0.467 e. The second-order valence-electron chi connectivity index (χ2n) is 6.45. The molecule has 2 heterocycles. The molecule has 3 aromatic rings. The van der Waals surface area contributed by atoms with Gasteiger partial charge in [0.1, 0.15) is 11.9 Å². The van der Waals surface area contributed by atoms with Crippen molar-refractivity contribution < 1.29 is 13.9 Å². The van der Waals surface area contributed by atoms with Gasteiger partial charge in [0.2, 0.25) is 5.91 Å². The quantitative estimate of drug-likeness (QED) is 0.696. The summed E-state index contributed by atoms with van der Waals surface area (Å²) in [5.74, 6) is -0.108. The van der Waals surface area contributed by atoms with Crippen LogP contribution in [0.1, 0.15) is 18.4 Å². The summed E-state index contributed by atoms with van der Waals surface area (Å²) in [6.45, 7) is 1.38. The molecule has 0 atom stereocenters. The van der Waals surface area contributed by atoms with E-state index in [4.69, 9.17) is 4.74 Å². The Morgan fingerprint density at radius 3 is 2.73 bits per heavy atom. The van der Waals surface area contributed by atoms with E-state index in [-0.39, 0.29) is 17.8 Å². The maximum atomic E-state index is 13.3. The molecule has 0 saturated carbocycles. The van der Waals surface area contributed by atoms with Gasteiger partial charge in [0, 0.05) is 25.9 Å². The van der Waals surface area contributed by atoms with Crippen molar-refractivity contribution in [3.05, 3.63) is 59.9 Å². The molecule has 1 aliphatic heterocycles. The third kappa shape index (κ3) is 3.85. The van der Waals surface area contributed by atoms with E-state index in [0.29, 0.717) is 24.7 Å². The Bertz CT molecular complexity index is 905. The van der Waals surface area contributed by atoms with Crippen molar-refractivity contribution >= 4 is 27.5 Å². The fraction of sp³-hybridized carbons (Fsp3) is 0.300. The normalized spacial score (nSPS) is 15.3. The first-order chi connectivity index (χ1) is 12.7. The second kappa shape index (κ2) is 7.41. The Hall–Kier alpha value is -2.47. The van der Waals surface area contributed by atoms with E-state index in [2.05, 4.69) is 4.98 Å². The highest BCUT2D eigenvalue weighted by Gasteiger charge is 2.24. The lowest BCUT2D eigenvalue weighted by Gasteiger charge is -2.31. The van der Waals surface area contributed by atoms with Gasteiger partial charge < -0.3 is 9.64 Å². The van der Waals surface area contributed by atoms with Gasteiger partial charge in [0.25, 0.3) is 5.19 Å². The number of carbonyl (C=O) groups excluding carboxylic acids is 1. The summed E-state index contributed by atoms with van der Waals surface area (Å²) < 4.78 is 20.0. The van der Waals surface area contributed by atoms with Crippen molar-refractivity contribution in [3.63, 3.8) is 0 Å². The summed E-state index contributed by atoms with van der Waals surface area (Å²) in [6.07, 6.45) is 2.05. The molecule has 4 rings (SSSR count). The minimum atomic E-state index is -0.266. The molecule has 0 radical (unpaired) electrons. The first-order valence-corrected chi connectivity index (χ1v) is 9.53. The number of thiazole rings is 1. The second-order valence-corrected chi connectivity index (χ2v) is 7.45. The predicted octanol–water partition coefficient (Wildman–Crippen LogP) is 4.05. The number of carbonyl (C=O) groups is 1. The SMILES string of the molecule is O=C(Cc1ccccc1)N1CCC(Oc2nc3ccc(F)cc3s2)CC1. The van der Waals surface area contributed by atoms with E-state index in [1.54, 1.807) is 6.07 Å². The standard InChI is InChI=1S/C20H19FN2O2S/c21-15-6-7-17-18(13-15)26-20(22-17)25-16-8-10-23(11-9-16)19(24)12-14-4-2-1-3-5-14/h1-7,13,16H,8-12H2. The summed E-state index contributed by atoms with van der Waals surface area (Å²) in [5.41, 5.74) is 1.79. The maximum Gasteiger partial charge on any atom is 0.274 e. The number of piperidine rings is 1. The van der Waals surface area contributed by atoms with Crippen molar-refractivity contribution in [2.24, 2.45) is 0 Å². The lowest BCUT2D eigenvalue weighted by molar-refractivity contribution is -0.132. The zero-order valence-electron chi connectivity index (χ0n) is 14.2. The van der Waals surface area contributed by atoms with Gasteiger partial charge in [-0.15, -0.1) is 0 Å². The van der Waals surface area contributed by atoms with Crippen LogP contribution < -0.4 is 4.74 Å². The molecule has 1 aromatic heterocycles. The van der Waals surface area contributed by atoms with Crippen LogP contribution in [0.5, 0.6) is 5.19 Å². The number of aromatic nitrogens is 1. The average Bonchev–Trinajstić information content (AvgIpc) is 3.04. The Kier molecular flexibility index (Phi) is 4.84. The van der Waals surface area contributed by atoms with Gasteiger partial charge in [0.05, 0.1) is 16.6 Å². The molecule has 1 fully saturated rings. The van der Waals surface area contributed by atoms with Gasteiger partial charge in [-0.3, -0.25) is 4.79 Å². The fourth-order valence-electron chi connectivity index (χ4n) is 3.18. The molecule has 0 bridgehead atoms. The van der Waals surface area contributed by atoms with E-state index < -0.39 is 0 Å². The molecule has 134 valence electrons. The predicted molar refractivity (Wildman–Crippen MR) is 100.0 cm³/mol. The van der Waals surface area contributed by atoms with Crippen LogP contribution in [0.4, 0.5) is 4.39 Å². The third-order valence-electron chi connectivity index (χ3n) is 4.59. The van der Waals surface area contributed by atoms with Crippen molar-refractivity contribution in [2.45, 2.75) is 25.4 Å². The number of amides is 1. The molecule has 0 N–H and O–H groups in total. The summed E-state index contributed by atoms with van der Waals surface area (Å²) in [5, 5.41) is 0.569. The highest BCUT2D eigenvalue weighted by atomic mass is 32.1. The van der Waals surface area contributed by atoms with Crippen molar-refractivity contribution in [1.82, 2.24) is 9.88 Å². The molecule has 1 aliphatic rings. The molecular weight excluding hydrogens is 351 g/mol. The summed E-state index contributed by atoms with van der Waals surface area (Å²) in [7, 11) is 0. The number of hydrogen-bond donors (Lipinski definition) is 0. The molecule has 0 aliphatic carbocycles. The van der Waals surface area contributed by atoms with Gasteiger partial charge in [-0.2, -0.15) is 0 Å². The number of likely N-dealkylation sites (tertiary alicyclic amines) is 1. The number of ether oxygens (including phenoxy) is 1. The summed E-state index contributed by atoms with van der Waals surface area (Å²) >= 11 is 1.36. The van der Waals surface area contributed by atoms with Gasteiger partial charge in [-0.25, -0.2) is 9.37 Å². The van der Waals surface area contributed by atoms with Gasteiger partial charge in [0.15, 0.2) is 0 Å². The number of hydrogen-bond acceptors (Lipinski definition) is 4. The van der Waals surface area contributed by atoms with Crippen LogP contribution >= 0.6 is 11.3 Å². The summed E-state index contributed by atoms with van der Waals surface area (Å²) in [6, 6.07) is 14.4. The Labute approximate surface area is 155 Å². The minimum absolute atomic E-state index is 0.0428. The van der Waals surface area contributed by atoms with Crippen LogP contribution in [-0.2, 0) is 11.2 Å². The molecule has 26 heavy (non-hydrogen) atoms. The van der Waals surface area contributed by atoms with Crippen molar-refractivity contribution in [3.8, 4) is 5.19 Å². The van der Waals surface area contributed by atoms with Crippen LogP contribution in [0.25, 0.3) is 10.2 Å². The molecule has 0 unspecified atom stereocenters. The number of fused-ring (bicyclic) bond motifs is 1. The number of benzene rings is 2. The zero-order chi connectivity index (χ0) is 17.9.